The number of carbonyl (C=O) groups is 1. The second kappa shape index (κ2) is 9.38. The molecule has 8 heteroatoms. The third-order valence-corrected chi connectivity index (χ3v) is 7.49. The molecule has 1 aromatic heterocycles. The highest BCUT2D eigenvalue weighted by Crippen LogP contribution is 2.30. The summed E-state index contributed by atoms with van der Waals surface area (Å²) in [4.78, 5) is 14.6. The lowest BCUT2D eigenvalue weighted by Crippen LogP contribution is -2.38. The molecule has 1 heterocycles. The summed E-state index contributed by atoms with van der Waals surface area (Å²) in [6.07, 6.45) is 4.50. The van der Waals surface area contributed by atoms with Gasteiger partial charge in [0.15, 0.2) is 0 Å². The van der Waals surface area contributed by atoms with E-state index < -0.39 is 10.1 Å². The minimum atomic E-state index is -4.07. The second-order valence-corrected chi connectivity index (χ2v) is 9.86. The molecule has 1 aliphatic carbocycles. The van der Waals surface area contributed by atoms with Crippen molar-refractivity contribution in [3.05, 3.63) is 82.8 Å². The highest BCUT2D eigenvalue weighted by molar-refractivity contribution is 7.87. The van der Waals surface area contributed by atoms with Crippen molar-refractivity contribution < 1.29 is 21.8 Å². The molecule has 1 fully saturated rings. The molecule has 168 valence electrons. The highest BCUT2D eigenvalue weighted by atomic mass is 35.5. The summed E-state index contributed by atoms with van der Waals surface area (Å²) in [7, 11) is -4.07. The number of aryl methyl sites for hydroxylation is 1. The number of hydrogen-bond donors (Lipinski definition) is 0. The molecule has 3 aromatic rings. The second-order valence-electron chi connectivity index (χ2n) is 7.97. The number of hydrogen-bond acceptors (Lipinski definition) is 5. The van der Waals surface area contributed by atoms with Crippen molar-refractivity contribution >= 4 is 27.6 Å². The highest BCUT2D eigenvalue weighted by Gasteiger charge is 2.30. The number of rotatable bonds is 8. The van der Waals surface area contributed by atoms with Crippen molar-refractivity contribution in [3.63, 3.8) is 0 Å². The van der Waals surface area contributed by atoms with Crippen LogP contribution in [0.2, 0.25) is 5.02 Å². The van der Waals surface area contributed by atoms with Crippen LogP contribution in [-0.2, 0) is 28.0 Å². The van der Waals surface area contributed by atoms with Crippen LogP contribution >= 0.6 is 11.6 Å². The van der Waals surface area contributed by atoms with Crippen LogP contribution in [0.4, 0.5) is 0 Å². The summed E-state index contributed by atoms with van der Waals surface area (Å²) in [6, 6.07) is 15.2. The number of benzene rings is 2. The molecule has 0 spiro atoms. The maximum absolute atomic E-state index is 12.9. The molecule has 4 rings (SSSR count). The van der Waals surface area contributed by atoms with Crippen molar-refractivity contribution in [2.75, 3.05) is 0 Å². The average Bonchev–Trinajstić information content (AvgIpc) is 3.20. The lowest BCUT2D eigenvalue weighted by atomic mass is 9.84. The molecular formula is C24H24ClNO5S. The first-order chi connectivity index (χ1) is 15.3. The van der Waals surface area contributed by atoms with Crippen LogP contribution < -0.4 is 4.18 Å². The summed E-state index contributed by atoms with van der Waals surface area (Å²) in [5.74, 6) is 1.08. The maximum Gasteiger partial charge on any atom is 0.340 e. The lowest BCUT2D eigenvalue weighted by molar-refractivity contribution is -0.139. The van der Waals surface area contributed by atoms with Gasteiger partial charge in [-0.05, 0) is 61.2 Å². The van der Waals surface area contributed by atoms with E-state index >= 15 is 0 Å². The van der Waals surface area contributed by atoms with E-state index in [1.807, 2.05) is 6.07 Å². The Bertz CT molecular complexity index is 1170. The molecule has 1 saturated carbocycles. The summed E-state index contributed by atoms with van der Waals surface area (Å²) in [5.41, 5.74) is 1.38. The zero-order chi connectivity index (χ0) is 22.7. The monoisotopic (exact) mass is 473 g/mol. The molecule has 0 radical (unpaired) electrons. The Labute approximate surface area is 192 Å². The predicted octanol–water partition coefficient (Wildman–Crippen LogP) is 5.34. The lowest BCUT2D eigenvalue weighted by Gasteiger charge is -2.31. The molecule has 32 heavy (non-hydrogen) atoms. The van der Waals surface area contributed by atoms with Crippen LogP contribution in [0, 0.1) is 12.8 Å². The summed E-state index contributed by atoms with van der Waals surface area (Å²) >= 11 is 6.09. The largest absolute Gasteiger partial charge is 0.467 e. The molecular weight excluding hydrogens is 450 g/mol. The first-order valence-electron chi connectivity index (χ1n) is 10.4. The number of nitrogens with zero attached hydrogens (tertiary/aromatic N) is 1. The molecule has 0 atom stereocenters. The minimum Gasteiger partial charge on any atom is -0.467 e. The first-order valence-corrected chi connectivity index (χ1v) is 12.2. The van der Waals surface area contributed by atoms with Gasteiger partial charge in [0, 0.05) is 12.5 Å². The van der Waals surface area contributed by atoms with Gasteiger partial charge in [-0.3, -0.25) is 4.79 Å². The van der Waals surface area contributed by atoms with Gasteiger partial charge in [-0.2, -0.15) is 8.42 Å². The van der Waals surface area contributed by atoms with E-state index in [-0.39, 0.29) is 27.5 Å². The molecule has 0 saturated heterocycles. The molecule has 0 aliphatic heterocycles. The topological polar surface area (TPSA) is 76.8 Å². The molecule has 0 N–H and O–H groups in total. The van der Waals surface area contributed by atoms with Crippen LogP contribution in [0.1, 0.15) is 36.1 Å². The maximum atomic E-state index is 12.9. The van der Waals surface area contributed by atoms with Crippen LogP contribution in [0.15, 0.2) is 70.2 Å². The predicted molar refractivity (Wildman–Crippen MR) is 121 cm³/mol. The Hall–Kier alpha value is -2.77. The Kier molecular flexibility index (Phi) is 6.58. The SMILES string of the molecule is Cc1cccc(Cl)c1S(=O)(=O)Oc1ccc(CN(Cc2ccco2)C(=O)C2CCC2)cc1. The van der Waals surface area contributed by atoms with Gasteiger partial charge in [-0.25, -0.2) is 0 Å². The van der Waals surface area contributed by atoms with Crippen molar-refractivity contribution in [1.82, 2.24) is 4.90 Å². The van der Waals surface area contributed by atoms with Gasteiger partial charge in [0.05, 0.1) is 17.8 Å². The van der Waals surface area contributed by atoms with Gasteiger partial charge in [0.2, 0.25) is 5.91 Å². The third kappa shape index (κ3) is 5.00. The average molecular weight is 474 g/mol. The number of amides is 1. The fourth-order valence-corrected chi connectivity index (χ4v) is 5.41. The quantitative estimate of drug-likeness (QED) is 0.413. The van der Waals surface area contributed by atoms with Crippen molar-refractivity contribution in [2.24, 2.45) is 5.92 Å². The number of carbonyl (C=O) groups excluding carboxylic acids is 1. The van der Waals surface area contributed by atoms with Gasteiger partial charge in [0.25, 0.3) is 0 Å². The Morgan fingerprint density at radius 2 is 1.84 bits per heavy atom. The fourth-order valence-electron chi connectivity index (χ4n) is 3.69. The van der Waals surface area contributed by atoms with Gasteiger partial charge < -0.3 is 13.5 Å². The summed E-state index contributed by atoms with van der Waals surface area (Å²) in [6.45, 7) is 2.45. The van der Waals surface area contributed by atoms with Crippen molar-refractivity contribution in [3.8, 4) is 5.75 Å². The molecule has 0 bridgehead atoms. The Balaban J connectivity index is 1.48. The molecule has 2 aromatic carbocycles. The van der Waals surface area contributed by atoms with E-state index in [4.69, 9.17) is 20.2 Å². The van der Waals surface area contributed by atoms with Crippen LogP contribution in [-0.4, -0.2) is 19.2 Å². The van der Waals surface area contributed by atoms with E-state index in [1.54, 1.807) is 60.6 Å². The number of furan rings is 1. The van der Waals surface area contributed by atoms with E-state index in [1.165, 1.54) is 6.07 Å². The van der Waals surface area contributed by atoms with Gasteiger partial charge >= 0.3 is 10.1 Å². The minimum absolute atomic E-state index is 0.0403. The zero-order valence-electron chi connectivity index (χ0n) is 17.7. The van der Waals surface area contributed by atoms with Crippen LogP contribution in [0.3, 0.4) is 0 Å². The molecule has 1 amide bonds. The van der Waals surface area contributed by atoms with E-state index in [9.17, 15) is 13.2 Å². The van der Waals surface area contributed by atoms with Gasteiger partial charge in [-0.1, -0.05) is 42.3 Å². The summed E-state index contributed by atoms with van der Waals surface area (Å²) < 4.78 is 36.2. The standard InChI is InChI=1S/C24H24ClNO5S/c1-17-5-2-9-22(25)23(17)32(28,29)31-20-12-10-18(11-13-20)15-26(16-21-8-4-14-30-21)24(27)19-6-3-7-19/h2,4-5,8-14,19H,3,6-7,15-16H2,1H3. The van der Waals surface area contributed by atoms with Crippen molar-refractivity contribution in [1.29, 1.82) is 0 Å². The zero-order valence-corrected chi connectivity index (χ0v) is 19.2. The Morgan fingerprint density at radius 3 is 2.44 bits per heavy atom. The van der Waals surface area contributed by atoms with E-state index in [0.717, 1.165) is 30.6 Å². The van der Waals surface area contributed by atoms with E-state index in [2.05, 4.69) is 0 Å². The molecule has 1 aliphatic rings. The smallest absolute Gasteiger partial charge is 0.340 e. The fraction of sp³-hybridized carbons (Fsp3) is 0.292. The van der Waals surface area contributed by atoms with E-state index in [0.29, 0.717) is 18.7 Å². The third-order valence-electron chi connectivity index (χ3n) is 5.61. The van der Waals surface area contributed by atoms with Crippen LogP contribution in [0.25, 0.3) is 0 Å². The summed E-state index contributed by atoms with van der Waals surface area (Å²) in [5, 5.41) is 0.115. The van der Waals surface area contributed by atoms with Gasteiger partial charge in [-0.15, -0.1) is 0 Å². The molecule has 6 nitrogen and oxygen atoms in total. The normalized spacial score (nSPS) is 14.1. The van der Waals surface area contributed by atoms with Gasteiger partial charge in [0.1, 0.15) is 16.4 Å². The Morgan fingerprint density at radius 1 is 1.09 bits per heavy atom. The van der Waals surface area contributed by atoms with Crippen molar-refractivity contribution in [2.45, 2.75) is 44.2 Å². The molecule has 0 unspecified atom stereocenters. The first kappa shape index (κ1) is 22.4. The number of halogens is 1. The van der Waals surface area contributed by atoms with Crippen LogP contribution in [0.5, 0.6) is 5.75 Å².